The molecule has 360 valence electrons. The Labute approximate surface area is 410 Å². The number of ketones is 1. The van der Waals surface area contributed by atoms with Gasteiger partial charge in [0, 0.05) is 47.7 Å². The van der Waals surface area contributed by atoms with Crippen molar-refractivity contribution in [3.05, 3.63) is 123 Å². The number of ether oxygens (including phenoxy) is 2. The average Bonchev–Trinajstić information content (AvgIpc) is 4.10. The van der Waals surface area contributed by atoms with Gasteiger partial charge in [-0.3, -0.25) is 28.7 Å². The lowest BCUT2D eigenvalue weighted by atomic mass is 9.76. The molecule has 2 aliphatic heterocycles. The summed E-state index contributed by atoms with van der Waals surface area (Å²) >= 11 is 3.23. The number of Topliss-reactive ketones (excluding diaryl/α,β-unsaturated/α-hetero) is 1. The first-order valence-corrected chi connectivity index (χ1v) is 24.9. The molecule has 0 bridgehead atoms. The number of aliphatic hydroxyl groups is 1. The van der Waals surface area contributed by atoms with Gasteiger partial charge < -0.3 is 24.8 Å². The van der Waals surface area contributed by atoms with Gasteiger partial charge >= 0.3 is 5.97 Å². The molecular weight excluding hydrogens is 911 g/mol. The van der Waals surface area contributed by atoms with Gasteiger partial charge in [0.15, 0.2) is 5.82 Å². The van der Waals surface area contributed by atoms with Crippen LogP contribution in [0, 0.1) is 39.0 Å². The molecule has 16 heteroatoms. The molecule has 5 atom stereocenters. The Balaban J connectivity index is 0.878. The fourth-order valence-corrected chi connectivity index (χ4v) is 11.1. The second-order valence-corrected chi connectivity index (χ2v) is 21.1. The van der Waals surface area contributed by atoms with E-state index in [0.717, 1.165) is 70.9 Å². The number of likely N-dealkylation sites (tertiary alicyclic amines) is 1. The lowest BCUT2D eigenvalue weighted by Crippen LogP contribution is -2.50. The summed E-state index contributed by atoms with van der Waals surface area (Å²) in [5, 5.41) is 23.6. The first-order chi connectivity index (χ1) is 32.9. The van der Waals surface area contributed by atoms with Gasteiger partial charge in [-0.15, -0.1) is 32.9 Å². The van der Waals surface area contributed by atoms with Crippen LogP contribution in [-0.2, 0) is 23.9 Å². The Morgan fingerprint density at radius 1 is 0.899 bits per heavy atom. The van der Waals surface area contributed by atoms with Gasteiger partial charge in [-0.2, -0.15) is 0 Å². The molecule has 3 aromatic heterocycles. The van der Waals surface area contributed by atoms with Crippen LogP contribution in [0.1, 0.15) is 110 Å². The van der Waals surface area contributed by atoms with Gasteiger partial charge in [0.05, 0.1) is 54.1 Å². The van der Waals surface area contributed by atoms with Crippen LogP contribution in [0.5, 0.6) is 5.75 Å². The number of benzene rings is 3. The van der Waals surface area contributed by atoms with Crippen LogP contribution in [0.25, 0.3) is 26.6 Å². The number of aromatic nitrogens is 4. The molecule has 2 aliphatic rings. The molecule has 0 spiro atoms. The highest BCUT2D eigenvalue weighted by Gasteiger charge is 2.44. The molecule has 6 aromatic rings. The highest BCUT2D eigenvalue weighted by molar-refractivity contribution is 7.15. The van der Waals surface area contributed by atoms with Crippen molar-refractivity contribution >= 4 is 52.0 Å². The molecule has 69 heavy (non-hydrogen) atoms. The number of nitrogens with one attached hydrogen (secondary N) is 1. The summed E-state index contributed by atoms with van der Waals surface area (Å²) in [4.78, 5) is 67.3. The number of rotatable bonds is 15. The molecule has 0 unspecified atom stereocenters. The lowest BCUT2D eigenvalue weighted by molar-refractivity contribution is -0.146. The number of hydrogen-bond donors (Lipinski definition) is 2. The predicted octanol–water partition coefficient (Wildman–Crippen LogP) is 9.04. The number of aryl methyl sites for hydroxylation is 3. The van der Waals surface area contributed by atoms with Gasteiger partial charge in [0.25, 0.3) is 0 Å². The summed E-state index contributed by atoms with van der Waals surface area (Å²) in [5.74, 6) is 0.0509. The summed E-state index contributed by atoms with van der Waals surface area (Å²) < 4.78 is 13.1. The van der Waals surface area contributed by atoms with Crippen molar-refractivity contribution in [2.45, 2.75) is 105 Å². The van der Waals surface area contributed by atoms with Gasteiger partial charge in [0.1, 0.15) is 34.4 Å². The van der Waals surface area contributed by atoms with Crippen LogP contribution < -0.4 is 10.1 Å². The molecule has 0 radical (unpaired) electrons. The monoisotopic (exact) mass is 969 g/mol. The second kappa shape index (κ2) is 20.3. The third kappa shape index (κ3) is 10.5. The van der Waals surface area contributed by atoms with Gasteiger partial charge in [-0.05, 0) is 80.0 Å². The Morgan fingerprint density at radius 3 is 2.19 bits per heavy atom. The molecule has 0 saturated carbocycles. The van der Waals surface area contributed by atoms with E-state index in [1.165, 1.54) is 12.0 Å². The Kier molecular flexibility index (Phi) is 14.4. The van der Waals surface area contributed by atoms with Crippen LogP contribution in [0.15, 0.2) is 83.3 Å². The number of thiophene rings is 1. The number of thiazole rings is 1. The lowest BCUT2D eigenvalue weighted by Gasteiger charge is -2.35. The van der Waals surface area contributed by atoms with Crippen molar-refractivity contribution in [1.82, 2.24) is 30.0 Å². The summed E-state index contributed by atoms with van der Waals surface area (Å²) in [5.41, 5.74) is 9.90. The summed E-state index contributed by atoms with van der Waals surface area (Å²) in [7, 11) is 1.37. The molecule has 1 saturated heterocycles. The van der Waals surface area contributed by atoms with Crippen LogP contribution >= 0.6 is 22.7 Å². The molecule has 1 fully saturated rings. The number of carbonyl (C=O) groups excluding carboxylic acids is 4. The summed E-state index contributed by atoms with van der Waals surface area (Å²) in [6.45, 7) is 15.9. The molecule has 8 rings (SSSR count). The zero-order valence-corrected chi connectivity index (χ0v) is 42.2. The van der Waals surface area contributed by atoms with E-state index in [0.29, 0.717) is 11.6 Å². The largest absolute Gasteiger partial charge is 0.493 e. The predicted molar refractivity (Wildman–Crippen MR) is 268 cm³/mol. The van der Waals surface area contributed by atoms with E-state index in [9.17, 15) is 24.3 Å². The topological polar surface area (TPSA) is 178 Å². The van der Waals surface area contributed by atoms with Gasteiger partial charge in [-0.25, -0.2) is 4.98 Å². The standard InChI is InChI=1S/C53H59N7O7S2/c1-29-32(4)69-52-46(29)47(56-43(26-45(63)66-9)49-58-57-33(5)60(49)52)37-14-12-35(13-15-37)36-18-20-41(21-19-36)67-23-22-39(61)24-42(53(6,7)8)51(65)59-27-40(62)25-44(59)50(64)55-30(2)34-10-16-38(17-11-34)48-31(3)54-28-68-48/h10-21,28,30,40,42-44,62H,22-27H2,1-9H3,(H,55,64)/t30-,40+,42+,43-,44-/m0/s1. The van der Waals surface area contributed by atoms with Crippen molar-refractivity contribution in [3.8, 4) is 32.3 Å². The number of aliphatic hydroxyl groups excluding tert-OH is 1. The van der Waals surface area contributed by atoms with Crippen molar-refractivity contribution in [1.29, 1.82) is 0 Å². The van der Waals surface area contributed by atoms with Crippen molar-refractivity contribution in [3.63, 3.8) is 0 Å². The Bertz CT molecular complexity index is 2890. The maximum atomic E-state index is 14.3. The number of aliphatic imine (C=N–C) groups is 1. The van der Waals surface area contributed by atoms with Crippen molar-refractivity contribution in [2.75, 3.05) is 20.3 Å². The minimum atomic E-state index is -0.863. The third-order valence-electron chi connectivity index (χ3n) is 13.2. The van der Waals surface area contributed by atoms with E-state index in [1.54, 1.807) is 22.7 Å². The van der Waals surface area contributed by atoms with Crippen LogP contribution in [0.4, 0.5) is 0 Å². The molecule has 14 nitrogen and oxygen atoms in total. The Morgan fingerprint density at radius 2 is 1.55 bits per heavy atom. The molecule has 5 heterocycles. The van der Waals surface area contributed by atoms with E-state index in [-0.39, 0.29) is 68.4 Å². The number of hydrogen-bond acceptors (Lipinski definition) is 13. The van der Waals surface area contributed by atoms with Crippen LogP contribution in [0.2, 0.25) is 0 Å². The van der Waals surface area contributed by atoms with Gasteiger partial charge in [0.2, 0.25) is 11.8 Å². The van der Waals surface area contributed by atoms with E-state index >= 15 is 0 Å². The zero-order valence-electron chi connectivity index (χ0n) is 40.5. The van der Waals surface area contributed by atoms with Crippen molar-refractivity contribution in [2.24, 2.45) is 16.3 Å². The number of amides is 2. The fourth-order valence-electron chi connectivity index (χ4n) is 9.11. The number of esters is 1. The molecule has 2 amide bonds. The number of β-amino-alcohol motifs (C(OH)–C–C–N with tert-alkyl or cyclic N) is 1. The number of fused-ring (bicyclic) bond motifs is 3. The highest BCUT2D eigenvalue weighted by atomic mass is 32.1. The first-order valence-electron chi connectivity index (χ1n) is 23.2. The Hall–Kier alpha value is -6.36. The van der Waals surface area contributed by atoms with Crippen LogP contribution in [-0.4, -0.2) is 91.4 Å². The van der Waals surface area contributed by atoms with Gasteiger partial charge in [-0.1, -0.05) is 81.4 Å². The maximum Gasteiger partial charge on any atom is 0.308 e. The third-order valence-corrected chi connectivity index (χ3v) is 15.4. The minimum absolute atomic E-state index is 0.0181. The van der Waals surface area contributed by atoms with E-state index in [2.05, 4.69) is 34.3 Å². The highest BCUT2D eigenvalue weighted by Crippen LogP contribution is 2.40. The van der Waals surface area contributed by atoms with E-state index < -0.39 is 29.5 Å². The number of carbonyl (C=O) groups is 4. The molecule has 0 aliphatic carbocycles. The quantitative estimate of drug-likeness (QED) is 0.0944. The smallest absolute Gasteiger partial charge is 0.308 e. The minimum Gasteiger partial charge on any atom is -0.493 e. The molecule has 2 N–H and O–H groups in total. The zero-order chi connectivity index (χ0) is 49.3. The normalized spacial score (nSPS) is 17.6. The number of methoxy groups -OCH3 is 1. The maximum absolute atomic E-state index is 14.3. The van der Waals surface area contributed by atoms with Crippen molar-refractivity contribution < 1.29 is 33.8 Å². The summed E-state index contributed by atoms with van der Waals surface area (Å²) in [6, 6.07) is 22.0. The summed E-state index contributed by atoms with van der Waals surface area (Å²) in [6.07, 6.45) is -0.627. The van der Waals surface area contributed by atoms with E-state index in [4.69, 9.17) is 14.5 Å². The fraction of sp³-hybridized carbons (Fsp3) is 0.396. The first kappa shape index (κ1) is 49.1. The number of nitrogens with zero attached hydrogens (tertiary/aromatic N) is 6. The average molecular weight is 970 g/mol. The second-order valence-electron chi connectivity index (χ2n) is 19.1. The molecule has 3 aromatic carbocycles. The van der Waals surface area contributed by atoms with Crippen LogP contribution in [0.3, 0.4) is 0 Å². The van der Waals surface area contributed by atoms with E-state index in [1.807, 2.05) is 124 Å². The molecular formula is C53H59N7O7S2. The SMILES string of the molecule is COC(=O)C[C@@H]1N=C(c2ccc(-c3ccc(OCCC(=O)C[C@H](C(=O)N4C[C@H](O)C[C@H]4C(=O)N[C@@H](C)c4ccc(-c5scnc5C)cc4)C(C)(C)C)cc3)cc2)c2c(sc(C)c2C)-n2c(C)nnc21.